The molecular formula is C21H24O3. The summed E-state index contributed by atoms with van der Waals surface area (Å²) < 4.78 is 11.0. The van der Waals surface area contributed by atoms with Crippen LogP contribution in [-0.4, -0.2) is 18.7 Å². The topological polar surface area (TPSA) is 38.8 Å². The smallest absolute Gasteiger partial charge is 0.338 e. The summed E-state index contributed by atoms with van der Waals surface area (Å²) in [6.45, 7) is 4.69. The number of carbonyl (C=O) groups excluding carboxylic acids is 1. The predicted molar refractivity (Wildman–Crippen MR) is 94.7 cm³/mol. The first-order valence-corrected chi connectivity index (χ1v) is 8.68. The molecule has 3 heteroatoms. The molecule has 0 saturated carbocycles. The number of ether oxygens (including phenoxy) is 2. The molecule has 2 aromatic carbocycles. The molecule has 2 aromatic rings. The highest BCUT2D eigenvalue weighted by Crippen LogP contribution is 2.44. The molecule has 2 unspecified atom stereocenters. The van der Waals surface area contributed by atoms with Gasteiger partial charge in [-0.1, -0.05) is 73.9 Å². The Labute approximate surface area is 143 Å². The molecule has 1 aliphatic rings. The van der Waals surface area contributed by atoms with Gasteiger partial charge in [0.25, 0.3) is 0 Å². The molecule has 1 saturated heterocycles. The van der Waals surface area contributed by atoms with Gasteiger partial charge in [0.05, 0.1) is 6.61 Å². The van der Waals surface area contributed by atoms with Crippen molar-refractivity contribution in [2.75, 3.05) is 6.61 Å². The number of aryl methyl sites for hydroxylation is 1. The van der Waals surface area contributed by atoms with Crippen molar-refractivity contribution >= 4 is 5.97 Å². The zero-order valence-electron chi connectivity index (χ0n) is 14.3. The van der Waals surface area contributed by atoms with Gasteiger partial charge in [0.15, 0.2) is 6.10 Å². The van der Waals surface area contributed by atoms with Crippen LogP contribution in [0.25, 0.3) is 11.1 Å². The van der Waals surface area contributed by atoms with Crippen molar-refractivity contribution in [2.24, 2.45) is 0 Å². The second-order valence-electron chi connectivity index (χ2n) is 6.31. The first-order chi connectivity index (χ1) is 11.7. The fourth-order valence-electron chi connectivity index (χ4n) is 2.92. The number of esters is 1. The molecule has 0 amide bonds. The van der Waals surface area contributed by atoms with E-state index in [9.17, 15) is 4.79 Å². The van der Waals surface area contributed by atoms with Gasteiger partial charge in [-0.3, -0.25) is 0 Å². The lowest BCUT2D eigenvalue weighted by Gasteiger charge is -2.09. The third-order valence-corrected chi connectivity index (χ3v) is 4.32. The predicted octanol–water partition coefficient (Wildman–Crippen LogP) is 4.84. The largest absolute Gasteiger partial charge is 0.464 e. The molecule has 0 aromatic heterocycles. The average Bonchev–Trinajstić information content (AvgIpc) is 3.40. The first-order valence-electron chi connectivity index (χ1n) is 8.68. The van der Waals surface area contributed by atoms with E-state index in [0.717, 1.165) is 36.0 Å². The van der Waals surface area contributed by atoms with Crippen molar-refractivity contribution in [2.45, 2.75) is 45.3 Å². The van der Waals surface area contributed by atoms with E-state index in [1.54, 1.807) is 0 Å². The normalized spacial score (nSPS) is 19.1. The van der Waals surface area contributed by atoms with Gasteiger partial charge in [-0.05, 0) is 30.0 Å². The Morgan fingerprint density at radius 2 is 1.92 bits per heavy atom. The summed E-state index contributed by atoms with van der Waals surface area (Å²) in [4.78, 5) is 12.1. The van der Waals surface area contributed by atoms with Crippen LogP contribution >= 0.6 is 0 Å². The highest BCUT2D eigenvalue weighted by atomic mass is 16.6. The fourth-order valence-corrected chi connectivity index (χ4v) is 2.92. The third-order valence-electron chi connectivity index (χ3n) is 4.32. The minimum atomic E-state index is -0.461. The van der Waals surface area contributed by atoms with Crippen LogP contribution in [0.3, 0.4) is 0 Å². The average molecular weight is 324 g/mol. The van der Waals surface area contributed by atoms with Gasteiger partial charge in [0.2, 0.25) is 0 Å². The van der Waals surface area contributed by atoms with Crippen molar-refractivity contribution in [3.63, 3.8) is 0 Å². The van der Waals surface area contributed by atoms with Crippen LogP contribution in [0.15, 0.2) is 48.5 Å². The van der Waals surface area contributed by atoms with Crippen LogP contribution in [0.4, 0.5) is 0 Å². The van der Waals surface area contributed by atoms with Gasteiger partial charge in [-0.25, -0.2) is 4.79 Å². The van der Waals surface area contributed by atoms with Gasteiger partial charge < -0.3 is 9.47 Å². The summed E-state index contributed by atoms with van der Waals surface area (Å²) >= 11 is 0. The number of hydrogen-bond donors (Lipinski definition) is 0. The van der Waals surface area contributed by atoms with Crippen molar-refractivity contribution < 1.29 is 14.3 Å². The van der Waals surface area contributed by atoms with E-state index in [1.807, 2.05) is 18.2 Å². The molecule has 2 atom stereocenters. The highest BCUT2D eigenvalue weighted by molar-refractivity contribution is 5.80. The summed E-state index contributed by atoms with van der Waals surface area (Å²) in [5, 5.41) is 0. The van der Waals surface area contributed by atoms with Crippen molar-refractivity contribution in [3.8, 4) is 11.1 Å². The van der Waals surface area contributed by atoms with Crippen LogP contribution in [-0.2, 0) is 14.3 Å². The zero-order valence-corrected chi connectivity index (χ0v) is 14.3. The van der Waals surface area contributed by atoms with E-state index < -0.39 is 6.10 Å². The van der Waals surface area contributed by atoms with Gasteiger partial charge in [-0.15, -0.1) is 0 Å². The Morgan fingerprint density at radius 3 is 2.67 bits per heavy atom. The van der Waals surface area contributed by atoms with Gasteiger partial charge in [-0.2, -0.15) is 0 Å². The Balaban J connectivity index is 1.71. The van der Waals surface area contributed by atoms with Gasteiger partial charge in [0.1, 0.15) is 6.10 Å². The molecule has 0 radical (unpaired) electrons. The molecular weight excluding hydrogens is 300 g/mol. The molecule has 3 rings (SSSR count). The van der Waals surface area contributed by atoms with E-state index in [0.29, 0.717) is 6.61 Å². The van der Waals surface area contributed by atoms with Gasteiger partial charge >= 0.3 is 5.97 Å². The summed E-state index contributed by atoms with van der Waals surface area (Å²) in [6.07, 6.45) is 2.46. The molecule has 3 nitrogen and oxygen atoms in total. The summed E-state index contributed by atoms with van der Waals surface area (Å²) in [5.41, 5.74) is 4.52. The molecule has 1 fully saturated rings. The second kappa shape index (κ2) is 7.63. The maximum absolute atomic E-state index is 12.1. The number of benzene rings is 2. The minimum Gasteiger partial charge on any atom is -0.464 e. The quantitative estimate of drug-likeness (QED) is 0.416. The molecule has 0 spiro atoms. The monoisotopic (exact) mass is 324 g/mol. The Morgan fingerprint density at radius 1 is 1.12 bits per heavy atom. The lowest BCUT2D eigenvalue weighted by atomic mass is 9.95. The van der Waals surface area contributed by atoms with E-state index in [2.05, 4.69) is 44.2 Å². The third kappa shape index (κ3) is 3.85. The molecule has 0 aliphatic carbocycles. The van der Waals surface area contributed by atoms with Crippen LogP contribution < -0.4 is 0 Å². The minimum absolute atomic E-state index is 0.195. The number of unbranched alkanes of at least 4 members (excludes halogenated alkanes) is 2. The van der Waals surface area contributed by atoms with E-state index >= 15 is 0 Å². The fraction of sp³-hybridized carbons (Fsp3) is 0.381. The van der Waals surface area contributed by atoms with E-state index in [-0.39, 0.29) is 12.1 Å². The Bertz CT molecular complexity index is 693. The summed E-state index contributed by atoms with van der Waals surface area (Å²) in [6, 6.07) is 16.5. The molecule has 1 aliphatic heterocycles. The first kappa shape index (κ1) is 16.7. The van der Waals surface area contributed by atoms with Crippen molar-refractivity contribution in [1.82, 2.24) is 0 Å². The lowest BCUT2D eigenvalue weighted by Crippen LogP contribution is -2.13. The Hall–Kier alpha value is -2.13. The van der Waals surface area contributed by atoms with E-state index in [4.69, 9.17) is 9.47 Å². The summed E-state index contributed by atoms with van der Waals surface area (Å²) in [7, 11) is 0. The van der Waals surface area contributed by atoms with Crippen LogP contribution in [0.5, 0.6) is 0 Å². The van der Waals surface area contributed by atoms with Crippen molar-refractivity contribution in [3.05, 3.63) is 59.7 Å². The maximum Gasteiger partial charge on any atom is 0.338 e. The van der Waals surface area contributed by atoms with E-state index in [1.165, 1.54) is 5.56 Å². The van der Waals surface area contributed by atoms with Crippen LogP contribution in [0, 0.1) is 6.92 Å². The number of rotatable bonds is 7. The molecule has 126 valence electrons. The standard InChI is InChI=1S/C21H24O3/c1-3-4-8-13-23-21(22)20-19(24-20)17-12-11-15(2)14-18(17)16-9-6-5-7-10-16/h5-7,9-12,14,19-20H,3-4,8,13H2,1-2H3. The Kier molecular flexibility index (Phi) is 5.31. The maximum atomic E-state index is 12.1. The summed E-state index contributed by atoms with van der Waals surface area (Å²) in [5.74, 6) is -0.240. The second-order valence-corrected chi connectivity index (χ2v) is 6.31. The SMILES string of the molecule is CCCCCOC(=O)C1OC1c1ccc(C)cc1-c1ccccc1. The van der Waals surface area contributed by atoms with Crippen LogP contribution in [0.2, 0.25) is 0 Å². The van der Waals surface area contributed by atoms with Crippen molar-refractivity contribution in [1.29, 1.82) is 0 Å². The molecule has 0 N–H and O–H groups in total. The number of carbonyl (C=O) groups is 1. The molecule has 1 heterocycles. The number of hydrogen-bond acceptors (Lipinski definition) is 3. The highest BCUT2D eigenvalue weighted by Gasteiger charge is 2.48. The molecule has 0 bridgehead atoms. The zero-order chi connectivity index (χ0) is 16.9. The van der Waals surface area contributed by atoms with Gasteiger partial charge in [0, 0.05) is 0 Å². The molecule has 24 heavy (non-hydrogen) atoms. The lowest BCUT2D eigenvalue weighted by molar-refractivity contribution is -0.145. The van der Waals surface area contributed by atoms with Crippen LogP contribution in [0.1, 0.15) is 43.4 Å². The number of epoxide rings is 1.